The lowest BCUT2D eigenvalue weighted by atomic mass is 10.2. The number of anilines is 1. The summed E-state index contributed by atoms with van der Waals surface area (Å²) in [5, 5.41) is 0.654. The molecule has 1 heterocycles. The summed E-state index contributed by atoms with van der Waals surface area (Å²) in [5.41, 5.74) is 4.92. The summed E-state index contributed by atoms with van der Waals surface area (Å²) in [5.74, 6) is -0.0690. The Morgan fingerprint density at radius 2 is 1.52 bits per heavy atom. The van der Waals surface area contributed by atoms with Gasteiger partial charge in [0.25, 0.3) is 5.91 Å². The lowest BCUT2D eigenvalue weighted by molar-refractivity contribution is -0.113. The monoisotopic (exact) mass is 462 g/mol. The fourth-order valence-corrected chi connectivity index (χ4v) is 4.32. The van der Waals surface area contributed by atoms with Gasteiger partial charge in [0.15, 0.2) is 5.17 Å². The number of rotatable bonds is 3. The molecule has 3 aromatic carbocycles. The number of nitrogens with zero attached hydrogens (tertiary/aromatic N) is 2. The van der Waals surface area contributed by atoms with Crippen LogP contribution in [0.4, 0.5) is 11.4 Å². The van der Waals surface area contributed by atoms with Crippen LogP contribution in [-0.4, -0.2) is 11.1 Å². The highest BCUT2D eigenvalue weighted by molar-refractivity contribution is 9.10. The third kappa shape index (κ3) is 4.36. The Balaban J connectivity index is 1.78. The molecule has 0 atom stereocenters. The Labute approximate surface area is 183 Å². The molecule has 0 spiro atoms. The van der Waals surface area contributed by atoms with Crippen LogP contribution in [0.25, 0.3) is 6.08 Å². The molecule has 4 rings (SSSR count). The van der Waals surface area contributed by atoms with Crippen molar-refractivity contribution in [3.63, 3.8) is 0 Å². The lowest BCUT2D eigenvalue weighted by Crippen LogP contribution is -2.28. The number of amidine groups is 1. The van der Waals surface area contributed by atoms with Gasteiger partial charge in [0, 0.05) is 4.47 Å². The third-order valence-corrected chi connectivity index (χ3v) is 6.24. The fraction of sp³-hybridized carbons (Fsp3) is 0.0833. The first kappa shape index (κ1) is 19.7. The van der Waals surface area contributed by atoms with Gasteiger partial charge in [0.1, 0.15) is 0 Å². The van der Waals surface area contributed by atoms with Crippen molar-refractivity contribution in [2.24, 2.45) is 4.99 Å². The second-order valence-corrected chi connectivity index (χ2v) is 8.70. The molecule has 0 saturated carbocycles. The van der Waals surface area contributed by atoms with E-state index in [-0.39, 0.29) is 5.91 Å². The largest absolute Gasteiger partial charge is 0.271 e. The standard InChI is InChI=1S/C24H19BrN2OS/c1-16-7-11-19(12-8-16)26-24-27(20-13-9-17(2)10-14-20)23(28)22(29-24)15-18-5-3-4-6-21(18)25/h3-15H,1-2H3/b22-15-,26-24?. The van der Waals surface area contributed by atoms with E-state index in [1.807, 2.05) is 92.7 Å². The van der Waals surface area contributed by atoms with Crippen LogP contribution in [-0.2, 0) is 4.79 Å². The Hall–Kier alpha value is -2.63. The highest BCUT2D eigenvalue weighted by Gasteiger charge is 2.34. The number of halogens is 1. The maximum Gasteiger partial charge on any atom is 0.271 e. The summed E-state index contributed by atoms with van der Waals surface area (Å²) >= 11 is 4.95. The highest BCUT2D eigenvalue weighted by atomic mass is 79.9. The van der Waals surface area contributed by atoms with Gasteiger partial charge in [-0.15, -0.1) is 0 Å². The predicted octanol–water partition coefficient (Wildman–Crippen LogP) is 6.87. The molecule has 5 heteroatoms. The fourth-order valence-electron chi connectivity index (χ4n) is 2.93. The quantitative estimate of drug-likeness (QED) is 0.397. The maximum atomic E-state index is 13.3. The summed E-state index contributed by atoms with van der Waals surface area (Å²) in [6.07, 6.45) is 1.91. The smallest absolute Gasteiger partial charge is 0.268 e. The van der Waals surface area contributed by atoms with Crippen molar-refractivity contribution in [2.45, 2.75) is 13.8 Å². The summed E-state index contributed by atoms with van der Waals surface area (Å²) in [4.78, 5) is 20.4. The summed E-state index contributed by atoms with van der Waals surface area (Å²) in [6, 6.07) is 23.8. The topological polar surface area (TPSA) is 32.7 Å². The molecule has 1 aliphatic heterocycles. The molecule has 3 nitrogen and oxygen atoms in total. The van der Waals surface area contributed by atoms with Gasteiger partial charge < -0.3 is 0 Å². The van der Waals surface area contributed by atoms with E-state index in [2.05, 4.69) is 15.9 Å². The highest BCUT2D eigenvalue weighted by Crippen LogP contribution is 2.38. The van der Waals surface area contributed by atoms with Crippen LogP contribution >= 0.6 is 27.7 Å². The van der Waals surface area contributed by atoms with Gasteiger partial charge in [-0.3, -0.25) is 9.69 Å². The first-order chi connectivity index (χ1) is 14.0. The Kier molecular flexibility index (Phi) is 5.69. The van der Waals surface area contributed by atoms with E-state index in [1.54, 1.807) is 4.90 Å². The molecule has 1 fully saturated rings. The van der Waals surface area contributed by atoms with Gasteiger partial charge in [0.05, 0.1) is 16.3 Å². The number of aryl methyl sites for hydroxylation is 2. The van der Waals surface area contributed by atoms with Crippen LogP contribution in [0.3, 0.4) is 0 Å². The Bertz CT molecular complexity index is 1120. The van der Waals surface area contributed by atoms with Gasteiger partial charge in [-0.05, 0) is 67.6 Å². The van der Waals surface area contributed by atoms with Crippen molar-refractivity contribution in [1.82, 2.24) is 0 Å². The zero-order chi connectivity index (χ0) is 20.4. The van der Waals surface area contributed by atoms with Gasteiger partial charge in [-0.25, -0.2) is 4.99 Å². The number of aliphatic imine (C=N–C) groups is 1. The molecule has 0 aliphatic carbocycles. The number of carbonyl (C=O) groups is 1. The molecular weight excluding hydrogens is 444 g/mol. The van der Waals surface area contributed by atoms with Gasteiger partial charge in [-0.2, -0.15) is 0 Å². The molecule has 0 radical (unpaired) electrons. The molecular formula is C24H19BrN2OS. The van der Waals surface area contributed by atoms with Gasteiger partial charge >= 0.3 is 0 Å². The van der Waals surface area contributed by atoms with Gasteiger partial charge in [-0.1, -0.05) is 69.5 Å². The van der Waals surface area contributed by atoms with Crippen LogP contribution in [0.5, 0.6) is 0 Å². The van der Waals surface area contributed by atoms with Crippen molar-refractivity contribution >= 4 is 56.2 Å². The zero-order valence-corrected chi connectivity index (χ0v) is 18.5. The Morgan fingerprint density at radius 1 is 0.897 bits per heavy atom. The number of benzene rings is 3. The van der Waals surface area contributed by atoms with Crippen LogP contribution in [0, 0.1) is 13.8 Å². The first-order valence-electron chi connectivity index (χ1n) is 9.22. The molecule has 0 N–H and O–H groups in total. The molecule has 1 amide bonds. The maximum absolute atomic E-state index is 13.3. The normalized spacial score (nSPS) is 16.8. The third-order valence-electron chi connectivity index (χ3n) is 4.55. The summed E-state index contributed by atoms with van der Waals surface area (Å²) in [6.45, 7) is 4.08. The van der Waals surface area contributed by atoms with Crippen molar-refractivity contribution < 1.29 is 4.79 Å². The molecule has 1 aliphatic rings. The number of carbonyl (C=O) groups excluding carboxylic acids is 1. The minimum Gasteiger partial charge on any atom is -0.268 e. The molecule has 1 saturated heterocycles. The second-order valence-electron chi connectivity index (χ2n) is 6.84. The lowest BCUT2D eigenvalue weighted by Gasteiger charge is -2.16. The first-order valence-corrected chi connectivity index (χ1v) is 10.8. The molecule has 0 aromatic heterocycles. The van der Waals surface area contributed by atoms with Crippen molar-refractivity contribution in [2.75, 3.05) is 4.90 Å². The van der Waals surface area contributed by atoms with Crippen LogP contribution in [0.2, 0.25) is 0 Å². The van der Waals surface area contributed by atoms with E-state index in [0.717, 1.165) is 27.0 Å². The Morgan fingerprint density at radius 3 is 2.17 bits per heavy atom. The van der Waals surface area contributed by atoms with Crippen molar-refractivity contribution in [3.8, 4) is 0 Å². The zero-order valence-electron chi connectivity index (χ0n) is 16.1. The van der Waals surface area contributed by atoms with Crippen LogP contribution in [0.15, 0.2) is 87.2 Å². The predicted molar refractivity (Wildman–Crippen MR) is 127 cm³/mol. The SMILES string of the molecule is Cc1ccc(N=C2S/C(=C\c3ccccc3Br)C(=O)N2c2ccc(C)cc2)cc1. The molecule has 29 heavy (non-hydrogen) atoms. The molecule has 3 aromatic rings. The van der Waals surface area contributed by atoms with Crippen LogP contribution < -0.4 is 4.90 Å². The second kappa shape index (κ2) is 8.39. The molecule has 0 unspecified atom stereocenters. The van der Waals surface area contributed by atoms with E-state index in [1.165, 1.54) is 17.3 Å². The van der Waals surface area contributed by atoms with E-state index in [4.69, 9.17) is 4.99 Å². The average molecular weight is 463 g/mol. The van der Waals surface area contributed by atoms with Crippen molar-refractivity contribution in [1.29, 1.82) is 0 Å². The van der Waals surface area contributed by atoms with Gasteiger partial charge in [0.2, 0.25) is 0 Å². The van der Waals surface area contributed by atoms with E-state index in [9.17, 15) is 4.79 Å². The van der Waals surface area contributed by atoms with E-state index in [0.29, 0.717) is 10.1 Å². The molecule has 144 valence electrons. The number of thioether (sulfide) groups is 1. The van der Waals surface area contributed by atoms with Crippen molar-refractivity contribution in [3.05, 3.63) is 98.9 Å². The minimum absolute atomic E-state index is 0.0690. The number of amides is 1. The van der Waals surface area contributed by atoms with E-state index < -0.39 is 0 Å². The summed E-state index contributed by atoms with van der Waals surface area (Å²) < 4.78 is 0.951. The number of hydrogen-bond donors (Lipinski definition) is 0. The summed E-state index contributed by atoms with van der Waals surface area (Å²) in [7, 11) is 0. The van der Waals surface area contributed by atoms with E-state index >= 15 is 0 Å². The molecule has 0 bridgehead atoms. The minimum atomic E-state index is -0.0690. The number of hydrogen-bond acceptors (Lipinski definition) is 3. The average Bonchev–Trinajstić information content (AvgIpc) is 3.01. The van der Waals surface area contributed by atoms with Crippen LogP contribution in [0.1, 0.15) is 16.7 Å².